The molecule has 0 aliphatic rings. The van der Waals surface area contributed by atoms with Crippen LogP contribution in [0.5, 0.6) is 0 Å². The van der Waals surface area contributed by atoms with Crippen molar-refractivity contribution in [3.8, 4) is 0 Å². The summed E-state index contributed by atoms with van der Waals surface area (Å²) in [5, 5.41) is 8.44. The fourth-order valence-corrected chi connectivity index (χ4v) is 1.30. The van der Waals surface area contributed by atoms with Gasteiger partial charge in [0, 0.05) is 17.5 Å². The average molecular weight is 209 g/mol. The molecule has 0 amide bonds. The van der Waals surface area contributed by atoms with E-state index in [1.807, 2.05) is 0 Å². The minimum Gasteiger partial charge on any atom is -0.480 e. The van der Waals surface area contributed by atoms with Gasteiger partial charge in [0.2, 0.25) is 0 Å². The van der Waals surface area contributed by atoms with E-state index >= 15 is 0 Å². The van der Waals surface area contributed by atoms with E-state index in [-0.39, 0.29) is 12.4 Å². The Hall–Kier alpha value is -0.650. The number of hydrogen-bond donors (Lipinski definition) is 2. The molecule has 0 unspecified atom stereocenters. The minimum atomic E-state index is -0.974. The molecule has 0 saturated carbocycles. The molecule has 0 aliphatic heterocycles. The predicted octanol–water partition coefficient (Wildman–Crippen LogP) is 0.519. The Morgan fingerprint density at radius 1 is 1.83 bits per heavy atom. The molecule has 1 aromatic rings. The van der Waals surface area contributed by atoms with E-state index in [0.717, 1.165) is 4.88 Å². The van der Waals surface area contributed by atoms with Gasteiger partial charge in [0.15, 0.2) is 0 Å². The number of hydrogen-bond acceptors (Lipinski definition) is 4. The second kappa shape index (κ2) is 5.08. The van der Waals surface area contributed by atoms with E-state index in [9.17, 15) is 4.79 Å². The SMILES string of the molecule is Cl.N[C@@H](Cc1cncs1)C(=O)O. The molecule has 0 aliphatic carbocycles. The topological polar surface area (TPSA) is 76.2 Å². The van der Waals surface area contributed by atoms with E-state index in [2.05, 4.69) is 4.98 Å². The summed E-state index contributed by atoms with van der Waals surface area (Å²) in [6, 6.07) is -0.810. The summed E-state index contributed by atoms with van der Waals surface area (Å²) in [7, 11) is 0. The number of rotatable bonds is 3. The lowest BCUT2D eigenvalue weighted by molar-refractivity contribution is -0.138. The van der Waals surface area contributed by atoms with Crippen molar-refractivity contribution in [2.75, 3.05) is 0 Å². The van der Waals surface area contributed by atoms with E-state index in [4.69, 9.17) is 10.8 Å². The summed E-state index contributed by atoms with van der Waals surface area (Å²) in [6.07, 6.45) is 1.99. The second-order valence-electron chi connectivity index (χ2n) is 2.12. The highest BCUT2D eigenvalue weighted by Crippen LogP contribution is 2.07. The number of carboxylic acid groups (broad SMARTS) is 1. The summed E-state index contributed by atoms with van der Waals surface area (Å²) in [5.41, 5.74) is 6.94. The summed E-state index contributed by atoms with van der Waals surface area (Å²) in [5.74, 6) is -0.974. The van der Waals surface area contributed by atoms with Crippen LogP contribution in [-0.2, 0) is 11.2 Å². The third-order valence-electron chi connectivity index (χ3n) is 1.22. The van der Waals surface area contributed by atoms with Crippen LogP contribution in [0.15, 0.2) is 11.7 Å². The first-order valence-electron chi connectivity index (χ1n) is 3.06. The first-order chi connectivity index (χ1) is 5.20. The lowest BCUT2D eigenvalue weighted by Gasteiger charge is -2.01. The van der Waals surface area contributed by atoms with E-state index < -0.39 is 12.0 Å². The molecule has 0 fully saturated rings. The van der Waals surface area contributed by atoms with Crippen molar-refractivity contribution in [1.29, 1.82) is 0 Å². The quantitative estimate of drug-likeness (QED) is 0.760. The summed E-state index contributed by atoms with van der Waals surface area (Å²) >= 11 is 1.41. The number of halogens is 1. The summed E-state index contributed by atoms with van der Waals surface area (Å²) in [4.78, 5) is 15.0. The average Bonchev–Trinajstić information content (AvgIpc) is 2.39. The van der Waals surface area contributed by atoms with Crippen LogP contribution in [0.2, 0.25) is 0 Å². The summed E-state index contributed by atoms with van der Waals surface area (Å²) < 4.78 is 0. The molecule has 1 heterocycles. The number of carbonyl (C=O) groups is 1. The molecule has 4 nitrogen and oxygen atoms in total. The summed E-state index contributed by atoms with van der Waals surface area (Å²) in [6.45, 7) is 0. The molecule has 3 N–H and O–H groups in total. The van der Waals surface area contributed by atoms with Crippen molar-refractivity contribution < 1.29 is 9.90 Å². The Morgan fingerprint density at radius 2 is 2.50 bits per heavy atom. The predicted molar refractivity (Wildman–Crippen MR) is 48.7 cm³/mol. The van der Waals surface area contributed by atoms with Crippen LogP contribution in [0.25, 0.3) is 0 Å². The lowest BCUT2D eigenvalue weighted by Crippen LogP contribution is -2.31. The maximum atomic E-state index is 10.3. The monoisotopic (exact) mass is 208 g/mol. The van der Waals surface area contributed by atoms with Gasteiger partial charge in [-0.2, -0.15) is 0 Å². The van der Waals surface area contributed by atoms with E-state index in [1.165, 1.54) is 11.3 Å². The molecular formula is C6H9ClN2O2S. The van der Waals surface area contributed by atoms with Gasteiger partial charge < -0.3 is 10.8 Å². The van der Waals surface area contributed by atoms with Crippen molar-refractivity contribution in [3.05, 3.63) is 16.6 Å². The molecule has 6 heteroatoms. The van der Waals surface area contributed by atoms with Crippen LogP contribution < -0.4 is 5.73 Å². The zero-order valence-corrected chi connectivity index (χ0v) is 7.77. The number of aliphatic carboxylic acids is 1. The van der Waals surface area contributed by atoms with Gasteiger partial charge in [0.25, 0.3) is 0 Å². The highest BCUT2D eigenvalue weighted by Gasteiger charge is 2.12. The van der Waals surface area contributed by atoms with Crippen molar-refractivity contribution >= 4 is 29.7 Å². The van der Waals surface area contributed by atoms with Crippen LogP contribution in [0.4, 0.5) is 0 Å². The standard InChI is InChI=1S/C6H8N2O2S.ClH/c7-5(6(9)10)1-4-2-8-3-11-4;/h2-3,5H,1,7H2,(H,9,10);1H/t5-;/m0./s1. The maximum absolute atomic E-state index is 10.3. The fraction of sp³-hybridized carbons (Fsp3) is 0.333. The molecule has 68 valence electrons. The van der Waals surface area contributed by atoms with Crippen LogP contribution in [0, 0.1) is 0 Å². The largest absolute Gasteiger partial charge is 0.480 e. The Labute approximate surface area is 79.8 Å². The van der Waals surface area contributed by atoms with Crippen molar-refractivity contribution in [2.45, 2.75) is 12.5 Å². The minimum absolute atomic E-state index is 0. The molecule has 0 radical (unpaired) electrons. The van der Waals surface area contributed by atoms with Crippen LogP contribution in [0.1, 0.15) is 4.88 Å². The third-order valence-corrected chi connectivity index (χ3v) is 2.02. The molecule has 12 heavy (non-hydrogen) atoms. The van der Waals surface area contributed by atoms with Crippen LogP contribution >= 0.6 is 23.7 Å². The Kier molecular flexibility index (Phi) is 4.80. The molecular weight excluding hydrogens is 200 g/mol. The fourth-order valence-electron chi connectivity index (χ4n) is 0.647. The van der Waals surface area contributed by atoms with Gasteiger partial charge in [0.05, 0.1) is 5.51 Å². The molecule has 1 atom stereocenters. The van der Waals surface area contributed by atoms with Crippen LogP contribution in [-0.4, -0.2) is 22.1 Å². The molecule has 1 aromatic heterocycles. The smallest absolute Gasteiger partial charge is 0.320 e. The van der Waals surface area contributed by atoms with Gasteiger partial charge >= 0.3 is 5.97 Å². The number of nitrogens with zero attached hydrogens (tertiary/aromatic N) is 1. The van der Waals surface area contributed by atoms with Gasteiger partial charge in [-0.05, 0) is 0 Å². The molecule has 0 aromatic carbocycles. The number of aromatic nitrogens is 1. The van der Waals surface area contributed by atoms with Crippen molar-refractivity contribution in [1.82, 2.24) is 4.98 Å². The molecule has 0 saturated heterocycles. The number of nitrogens with two attached hydrogens (primary N) is 1. The van der Waals surface area contributed by atoms with E-state index in [1.54, 1.807) is 11.7 Å². The van der Waals surface area contributed by atoms with Crippen molar-refractivity contribution in [3.63, 3.8) is 0 Å². The molecule has 0 spiro atoms. The van der Waals surface area contributed by atoms with Gasteiger partial charge in [-0.25, -0.2) is 0 Å². The zero-order valence-electron chi connectivity index (χ0n) is 6.14. The normalized spacial score (nSPS) is 11.8. The number of carboxylic acids is 1. The van der Waals surface area contributed by atoms with Gasteiger partial charge in [-0.1, -0.05) is 0 Å². The molecule has 1 rings (SSSR count). The van der Waals surface area contributed by atoms with Gasteiger partial charge in [-0.15, -0.1) is 23.7 Å². The maximum Gasteiger partial charge on any atom is 0.320 e. The Morgan fingerprint density at radius 3 is 2.92 bits per heavy atom. The van der Waals surface area contributed by atoms with Crippen LogP contribution in [0.3, 0.4) is 0 Å². The highest BCUT2D eigenvalue weighted by atomic mass is 35.5. The third kappa shape index (κ3) is 3.17. The molecule has 0 bridgehead atoms. The Bertz CT molecular complexity index is 240. The first-order valence-corrected chi connectivity index (χ1v) is 3.94. The lowest BCUT2D eigenvalue weighted by atomic mass is 10.2. The highest BCUT2D eigenvalue weighted by molar-refractivity contribution is 7.09. The number of thiazole rings is 1. The first kappa shape index (κ1) is 11.4. The van der Waals surface area contributed by atoms with Gasteiger partial charge in [0.1, 0.15) is 6.04 Å². The van der Waals surface area contributed by atoms with E-state index in [0.29, 0.717) is 6.42 Å². The van der Waals surface area contributed by atoms with Gasteiger partial charge in [-0.3, -0.25) is 9.78 Å². The second-order valence-corrected chi connectivity index (χ2v) is 3.09. The van der Waals surface area contributed by atoms with Crippen molar-refractivity contribution in [2.24, 2.45) is 5.73 Å². The zero-order chi connectivity index (χ0) is 8.27. The Balaban J connectivity index is 0.00000121.